The summed E-state index contributed by atoms with van der Waals surface area (Å²) in [5.74, 6) is 1.21. The summed E-state index contributed by atoms with van der Waals surface area (Å²) in [4.78, 5) is 4.93. The first kappa shape index (κ1) is 15.3. The predicted molar refractivity (Wildman–Crippen MR) is 80.2 cm³/mol. The first-order valence-electron chi connectivity index (χ1n) is 7.85. The van der Waals surface area contributed by atoms with Gasteiger partial charge in [-0.3, -0.25) is 0 Å². The Balaban J connectivity index is 1.91. The number of likely N-dealkylation sites (tertiary alicyclic amines) is 1. The van der Waals surface area contributed by atoms with E-state index in [4.69, 9.17) is 0 Å². The van der Waals surface area contributed by atoms with Gasteiger partial charge in [-0.15, -0.1) is 0 Å². The molecule has 0 radical (unpaired) electrons. The molecular weight excluding hydrogens is 236 g/mol. The zero-order valence-corrected chi connectivity index (χ0v) is 13.4. The lowest BCUT2D eigenvalue weighted by atomic mass is 9.71. The van der Waals surface area contributed by atoms with Gasteiger partial charge in [-0.05, 0) is 50.6 Å². The average Bonchev–Trinajstić information content (AvgIpc) is 2.65. The normalized spacial score (nSPS) is 39.9. The molecule has 0 amide bonds. The molecule has 1 aliphatic heterocycles. The van der Waals surface area contributed by atoms with Crippen LogP contribution < -0.4 is 0 Å². The fraction of sp³-hybridized carbons (Fsp3) is 1.00. The summed E-state index contributed by atoms with van der Waals surface area (Å²) in [6.07, 6.45) is 3.24. The quantitative estimate of drug-likeness (QED) is 0.849. The first-order chi connectivity index (χ1) is 8.78. The van der Waals surface area contributed by atoms with Crippen LogP contribution >= 0.6 is 0 Å². The molecule has 1 saturated heterocycles. The maximum Gasteiger partial charge on any atom is 0.0581 e. The molecule has 19 heavy (non-hydrogen) atoms. The summed E-state index contributed by atoms with van der Waals surface area (Å²) in [5, 5.41) is 10.3. The van der Waals surface area contributed by atoms with E-state index in [1.54, 1.807) is 0 Å². The highest BCUT2D eigenvalue weighted by Crippen LogP contribution is 2.39. The molecule has 0 bridgehead atoms. The van der Waals surface area contributed by atoms with Crippen molar-refractivity contribution in [2.24, 2.45) is 17.3 Å². The Morgan fingerprint density at radius 1 is 1.26 bits per heavy atom. The Morgan fingerprint density at radius 2 is 1.95 bits per heavy atom. The van der Waals surface area contributed by atoms with Gasteiger partial charge in [0.15, 0.2) is 0 Å². The number of hydrogen-bond acceptors (Lipinski definition) is 3. The Kier molecular flexibility index (Phi) is 4.59. The van der Waals surface area contributed by atoms with E-state index >= 15 is 0 Å². The fourth-order valence-corrected chi connectivity index (χ4v) is 4.11. The van der Waals surface area contributed by atoms with E-state index in [1.807, 2.05) is 0 Å². The number of nitrogens with zero attached hydrogens (tertiary/aromatic N) is 2. The molecule has 1 N–H and O–H groups in total. The topological polar surface area (TPSA) is 26.7 Å². The Hall–Kier alpha value is -0.120. The smallest absolute Gasteiger partial charge is 0.0581 e. The summed E-state index contributed by atoms with van der Waals surface area (Å²) in [6, 6.07) is 0.675. The standard InChI is InChI=1S/C16H32N2O/c1-12-9-18(11-14(12)17(4)5)10-13-8-16(2,3)7-6-15(13)19/h12-15,19H,6-11H2,1-5H3. The molecule has 1 heterocycles. The van der Waals surface area contributed by atoms with Gasteiger partial charge in [0.05, 0.1) is 6.10 Å². The van der Waals surface area contributed by atoms with Crippen LogP contribution in [0.25, 0.3) is 0 Å². The van der Waals surface area contributed by atoms with Crippen LogP contribution in [-0.4, -0.2) is 60.8 Å². The summed E-state index contributed by atoms with van der Waals surface area (Å²) in [5.41, 5.74) is 0.413. The third-order valence-electron chi connectivity index (χ3n) is 5.28. The van der Waals surface area contributed by atoms with Crippen molar-refractivity contribution in [1.29, 1.82) is 0 Å². The van der Waals surface area contributed by atoms with Crippen molar-refractivity contribution in [1.82, 2.24) is 9.80 Å². The Bertz CT molecular complexity index is 303. The van der Waals surface area contributed by atoms with Crippen molar-refractivity contribution >= 4 is 0 Å². The molecule has 4 unspecified atom stereocenters. The van der Waals surface area contributed by atoms with E-state index in [0.29, 0.717) is 17.4 Å². The lowest BCUT2D eigenvalue weighted by Gasteiger charge is -2.40. The minimum absolute atomic E-state index is 0.0817. The maximum atomic E-state index is 10.3. The molecule has 0 spiro atoms. The molecule has 112 valence electrons. The average molecular weight is 268 g/mol. The van der Waals surface area contributed by atoms with Crippen molar-refractivity contribution in [2.45, 2.75) is 52.2 Å². The van der Waals surface area contributed by atoms with Crippen molar-refractivity contribution in [3.63, 3.8) is 0 Å². The molecule has 0 aromatic carbocycles. The molecule has 2 fully saturated rings. The van der Waals surface area contributed by atoms with Gasteiger partial charge in [0.1, 0.15) is 0 Å². The molecular formula is C16H32N2O. The van der Waals surface area contributed by atoms with Gasteiger partial charge in [-0.1, -0.05) is 20.8 Å². The molecule has 3 nitrogen and oxygen atoms in total. The summed E-state index contributed by atoms with van der Waals surface area (Å²) >= 11 is 0. The lowest BCUT2D eigenvalue weighted by Crippen LogP contribution is -2.41. The van der Waals surface area contributed by atoms with Gasteiger partial charge in [0.25, 0.3) is 0 Å². The van der Waals surface area contributed by atoms with Crippen LogP contribution in [0.3, 0.4) is 0 Å². The van der Waals surface area contributed by atoms with E-state index in [0.717, 1.165) is 25.4 Å². The van der Waals surface area contributed by atoms with Gasteiger partial charge in [0, 0.05) is 25.7 Å². The van der Waals surface area contributed by atoms with Crippen LogP contribution in [0.2, 0.25) is 0 Å². The third-order valence-corrected chi connectivity index (χ3v) is 5.28. The summed E-state index contributed by atoms with van der Waals surface area (Å²) in [7, 11) is 4.37. The van der Waals surface area contributed by atoms with Crippen LogP contribution in [0.1, 0.15) is 40.0 Å². The monoisotopic (exact) mass is 268 g/mol. The van der Waals surface area contributed by atoms with Crippen molar-refractivity contribution in [2.75, 3.05) is 33.7 Å². The van der Waals surface area contributed by atoms with E-state index in [2.05, 4.69) is 44.7 Å². The molecule has 3 heteroatoms. The number of likely N-dealkylation sites (N-methyl/N-ethyl adjacent to an activating group) is 1. The summed E-state index contributed by atoms with van der Waals surface area (Å²) in [6.45, 7) is 10.5. The number of aliphatic hydroxyl groups is 1. The van der Waals surface area contributed by atoms with Crippen molar-refractivity contribution in [3.8, 4) is 0 Å². The van der Waals surface area contributed by atoms with Crippen molar-refractivity contribution < 1.29 is 5.11 Å². The molecule has 2 aliphatic rings. The molecule has 0 aromatic rings. The number of rotatable bonds is 3. The SMILES string of the molecule is CC1CN(CC2CC(C)(C)CCC2O)CC1N(C)C. The largest absolute Gasteiger partial charge is 0.393 e. The van der Waals surface area contributed by atoms with Crippen LogP contribution in [0.5, 0.6) is 0 Å². The molecule has 2 rings (SSSR count). The summed E-state index contributed by atoms with van der Waals surface area (Å²) < 4.78 is 0. The fourth-order valence-electron chi connectivity index (χ4n) is 4.11. The van der Waals surface area contributed by atoms with Crippen LogP contribution in [-0.2, 0) is 0 Å². The second-order valence-electron chi connectivity index (χ2n) is 7.96. The minimum Gasteiger partial charge on any atom is -0.393 e. The van der Waals surface area contributed by atoms with Crippen molar-refractivity contribution in [3.05, 3.63) is 0 Å². The van der Waals surface area contributed by atoms with Gasteiger partial charge < -0.3 is 14.9 Å². The highest BCUT2D eigenvalue weighted by atomic mass is 16.3. The van der Waals surface area contributed by atoms with E-state index < -0.39 is 0 Å². The predicted octanol–water partition coefficient (Wildman–Crippen LogP) is 2.06. The zero-order valence-electron chi connectivity index (χ0n) is 13.4. The lowest BCUT2D eigenvalue weighted by molar-refractivity contribution is 0.00653. The maximum absolute atomic E-state index is 10.3. The highest BCUT2D eigenvalue weighted by molar-refractivity contribution is 4.91. The van der Waals surface area contributed by atoms with E-state index in [-0.39, 0.29) is 6.10 Å². The second-order valence-corrected chi connectivity index (χ2v) is 7.96. The Labute approximate surface area is 119 Å². The number of aliphatic hydroxyl groups excluding tert-OH is 1. The van der Waals surface area contributed by atoms with Crippen LogP contribution in [0.15, 0.2) is 0 Å². The molecule has 4 atom stereocenters. The van der Waals surface area contributed by atoms with Gasteiger partial charge in [-0.2, -0.15) is 0 Å². The third kappa shape index (κ3) is 3.71. The van der Waals surface area contributed by atoms with Crippen LogP contribution in [0.4, 0.5) is 0 Å². The molecule has 0 aromatic heterocycles. The zero-order chi connectivity index (χ0) is 14.2. The van der Waals surface area contributed by atoms with Gasteiger partial charge in [0.2, 0.25) is 0 Å². The second kappa shape index (κ2) is 5.71. The Morgan fingerprint density at radius 3 is 2.53 bits per heavy atom. The molecule has 1 aliphatic carbocycles. The van der Waals surface area contributed by atoms with E-state index in [9.17, 15) is 5.11 Å². The highest BCUT2D eigenvalue weighted by Gasteiger charge is 2.37. The minimum atomic E-state index is -0.0817. The van der Waals surface area contributed by atoms with Crippen LogP contribution in [0, 0.1) is 17.3 Å². The van der Waals surface area contributed by atoms with E-state index in [1.165, 1.54) is 19.4 Å². The van der Waals surface area contributed by atoms with Gasteiger partial charge in [-0.25, -0.2) is 0 Å². The first-order valence-corrected chi connectivity index (χ1v) is 7.85. The molecule has 1 saturated carbocycles. The number of hydrogen-bond donors (Lipinski definition) is 1. The van der Waals surface area contributed by atoms with Gasteiger partial charge >= 0.3 is 0 Å².